The molecule has 0 spiro atoms. The summed E-state index contributed by atoms with van der Waals surface area (Å²) < 4.78 is 13.8. The number of halogens is 1. The molecule has 0 saturated carbocycles. The number of rotatable bonds is 3. The summed E-state index contributed by atoms with van der Waals surface area (Å²) in [4.78, 5) is 21.9. The number of carbonyl (C=O) groups is 1. The second-order valence-electron chi connectivity index (χ2n) is 8.82. The lowest BCUT2D eigenvalue weighted by atomic mass is 9.70. The number of nitriles is 1. The van der Waals surface area contributed by atoms with Gasteiger partial charge in [0, 0.05) is 31.6 Å². The molecule has 4 atom stereocenters. The van der Waals surface area contributed by atoms with Crippen LogP contribution in [0.5, 0.6) is 0 Å². The molecule has 5 nitrogen and oxygen atoms in total. The Balaban J connectivity index is 1.47. The van der Waals surface area contributed by atoms with E-state index < -0.39 is 0 Å². The predicted octanol–water partition coefficient (Wildman–Crippen LogP) is 3.54. The molecule has 3 saturated heterocycles. The zero-order valence-corrected chi connectivity index (χ0v) is 16.9. The molecule has 3 fully saturated rings. The Hall–Kier alpha value is -2.94. The molecule has 1 aromatic carbocycles. The highest BCUT2D eigenvalue weighted by Gasteiger charge is 2.49. The Morgan fingerprint density at radius 1 is 1.17 bits per heavy atom. The maximum Gasteiger partial charge on any atom is 0.223 e. The number of benzene rings is 1. The van der Waals surface area contributed by atoms with Gasteiger partial charge in [0.05, 0.1) is 0 Å². The molecular formula is C24H25FN4O. The molecule has 3 aliphatic heterocycles. The van der Waals surface area contributed by atoms with Gasteiger partial charge >= 0.3 is 0 Å². The van der Waals surface area contributed by atoms with Gasteiger partial charge < -0.3 is 9.80 Å². The van der Waals surface area contributed by atoms with Crippen molar-refractivity contribution < 1.29 is 9.18 Å². The Labute approximate surface area is 176 Å². The van der Waals surface area contributed by atoms with E-state index in [2.05, 4.69) is 20.9 Å². The highest BCUT2D eigenvalue weighted by molar-refractivity contribution is 5.78. The fraction of sp³-hybridized carbons (Fsp3) is 0.458. The number of piperidine rings is 3. The molecule has 0 radical (unpaired) electrons. The van der Waals surface area contributed by atoms with Crippen molar-refractivity contribution in [2.24, 2.45) is 11.8 Å². The van der Waals surface area contributed by atoms with E-state index in [1.54, 1.807) is 18.2 Å². The van der Waals surface area contributed by atoms with E-state index in [4.69, 9.17) is 0 Å². The molecule has 154 valence electrons. The summed E-state index contributed by atoms with van der Waals surface area (Å²) >= 11 is 0. The zero-order valence-electron chi connectivity index (χ0n) is 16.9. The molecule has 0 aliphatic carbocycles. The summed E-state index contributed by atoms with van der Waals surface area (Å²) in [6, 6.07) is 14.8. The van der Waals surface area contributed by atoms with Crippen LogP contribution in [0, 0.1) is 29.0 Å². The van der Waals surface area contributed by atoms with E-state index in [1.807, 2.05) is 18.2 Å². The van der Waals surface area contributed by atoms with Crippen LogP contribution >= 0.6 is 0 Å². The van der Waals surface area contributed by atoms with Crippen molar-refractivity contribution in [1.82, 2.24) is 9.88 Å². The summed E-state index contributed by atoms with van der Waals surface area (Å²) in [5.74, 6) is 1.57. The molecule has 0 unspecified atom stereocenters. The average molecular weight is 404 g/mol. The van der Waals surface area contributed by atoms with Gasteiger partial charge in [0.25, 0.3) is 0 Å². The van der Waals surface area contributed by atoms with E-state index in [1.165, 1.54) is 6.07 Å². The molecular weight excluding hydrogens is 379 g/mol. The minimum atomic E-state index is -0.231. The van der Waals surface area contributed by atoms with E-state index >= 15 is 0 Å². The van der Waals surface area contributed by atoms with Crippen LogP contribution in [0.1, 0.15) is 36.9 Å². The SMILES string of the molecule is N#Cc1cccc(N2C[C@H]3C[C@@H](C2)[C@H](Cc2cccc(F)c2)N2C(=O)CCC[C@@H]32)n1. The van der Waals surface area contributed by atoms with Crippen LogP contribution in [0.3, 0.4) is 0 Å². The Bertz CT molecular complexity index is 1000. The second kappa shape index (κ2) is 7.71. The van der Waals surface area contributed by atoms with Crippen molar-refractivity contribution in [3.05, 3.63) is 59.5 Å². The number of carbonyl (C=O) groups excluding carboxylic acids is 1. The van der Waals surface area contributed by atoms with Gasteiger partial charge in [-0.25, -0.2) is 9.37 Å². The number of nitrogens with zero attached hydrogens (tertiary/aromatic N) is 4. The molecule has 3 aliphatic rings. The third kappa shape index (κ3) is 3.43. The molecule has 5 rings (SSSR count). The summed E-state index contributed by atoms with van der Waals surface area (Å²) in [7, 11) is 0. The standard InChI is InChI=1S/C24H25FN4O/c25-19-5-1-4-16(10-19)11-22-18-12-17(21-7-3-9-24(30)29(21)22)14-28(15-18)23-8-2-6-20(13-26)27-23/h1-2,4-6,8,10,17-18,21-22H,3,7,9,11-12,14-15H2/t17-,18+,21+,22+/m1/s1. The summed E-state index contributed by atoms with van der Waals surface area (Å²) in [6.07, 6.45) is 4.35. The molecule has 0 N–H and O–H groups in total. The van der Waals surface area contributed by atoms with Gasteiger partial charge in [0.15, 0.2) is 0 Å². The number of hydrogen-bond acceptors (Lipinski definition) is 4. The van der Waals surface area contributed by atoms with E-state index in [0.29, 0.717) is 30.4 Å². The molecule has 1 aromatic heterocycles. The van der Waals surface area contributed by atoms with Crippen LogP contribution in [-0.2, 0) is 11.2 Å². The van der Waals surface area contributed by atoms with Gasteiger partial charge in [-0.3, -0.25) is 4.79 Å². The van der Waals surface area contributed by atoms with Gasteiger partial charge in [0.1, 0.15) is 23.4 Å². The fourth-order valence-electron chi connectivity index (χ4n) is 5.79. The monoisotopic (exact) mass is 404 g/mol. The highest BCUT2D eigenvalue weighted by atomic mass is 19.1. The van der Waals surface area contributed by atoms with Crippen molar-refractivity contribution in [3.63, 3.8) is 0 Å². The largest absolute Gasteiger partial charge is 0.356 e. The minimum absolute atomic E-state index is 0.0720. The van der Waals surface area contributed by atoms with Crippen LogP contribution in [0.25, 0.3) is 0 Å². The molecule has 2 bridgehead atoms. The van der Waals surface area contributed by atoms with Crippen LogP contribution in [-0.4, -0.2) is 41.0 Å². The highest BCUT2D eigenvalue weighted by Crippen LogP contribution is 2.43. The van der Waals surface area contributed by atoms with Gasteiger partial charge in [0.2, 0.25) is 5.91 Å². The van der Waals surface area contributed by atoms with Crippen molar-refractivity contribution in [2.75, 3.05) is 18.0 Å². The maximum atomic E-state index is 13.8. The van der Waals surface area contributed by atoms with Crippen LogP contribution in [0.15, 0.2) is 42.5 Å². The summed E-state index contributed by atoms with van der Waals surface area (Å²) in [6.45, 7) is 1.66. The van der Waals surface area contributed by atoms with E-state index in [0.717, 1.165) is 43.7 Å². The smallest absolute Gasteiger partial charge is 0.223 e. The molecule has 1 amide bonds. The predicted molar refractivity (Wildman–Crippen MR) is 111 cm³/mol. The van der Waals surface area contributed by atoms with E-state index in [9.17, 15) is 14.4 Å². The lowest BCUT2D eigenvalue weighted by Gasteiger charge is -2.57. The number of amides is 1. The fourth-order valence-corrected chi connectivity index (χ4v) is 5.79. The third-order valence-electron chi connectivity index (χ3n) is 7.00. The maximum absolute atomic E-state index is 13.8. The first-order valence-corrected chi connectivity index (χ1v) is 10.8. The third-order valence-corrected chi connectivity index (χ3v) is 7.00. The quantitative estimate of drug-likeness (QED) is 0.785. The van der Waals surface area contributed by atoms with Crippen molar-refractivity contribution in [2.45, 2.75) is 44.2 Å². The Morgan fingerprint density at radius 2 is 2.00 bits per heavy atom. The number of hydrogen-bond donors (Lipinski definition) is 0. The lowest BCUT2D eigenvalue weighted by molar-refractivity contribution is -0.148. The number of pyridine rings is 1. The lowest BCUT2D eigenvalue weighted by Crippen LogP contribution is -2.65. The Morgan fingerprint density at radius 3 is 2.83 bits per heavy atom. The number of anilines is 1. The van der Waals surface area contributed by atoms with Crippen molar-refractivity contribution in [3.8, 4) is 6.07 Å². The van der Waals surface area contributed by atoms with Crippen LogP contribution in [0.4, 0.5) is 10.2 Å². The van der Waals surface area contributed by atoms with Gasteiger partial charge in [-0.1, -0.05) is 18.2 Å². The first-order valence-electron chi connectivity index (χ1n) is 10.8. The van der Waals surface area contributed by atoms with Gasteiger partial charge in [-0.15, -0.1) is 0 Å². The molecule has 30 heavy (non-hydrogen) atoms. The number of fused-ring (bicyclic) bond motifs is 4. The number of aromatic nitrogens is 1. The Kier molecular flexibility index (Phi) is 4.90. The summed E-state index contributed by atoms with van der Waals surface area (Å²) in [5.41, 5.74) is 1.37. The van der Waals surface area contributed by atoms with Crippen LogP contribution < -0.4 is 4.90 Å². The normalized spacial score (nSPS) is 28.1. The van der Waals surface area contributed by atoms with Crippen LogP contribution in [0.2, 0.25) is 0 Å². The van der Waals surface area contributed by atoms with E-state index in [-0.39, 0.29) is 23.8 Å². The minimum Gasteiger partial charge on any atom is -0.356 e. The van der Waals surface area contributed by atoms with Crippen molar-refractivity contribution >= 4 is 11.7 Å². The van der Waals surface area contributed by atoms with Crippen molar-refractivity contribution in [1.29, 1.82) is 5.26 Å². The topological polar surface area (TPSA) is 60.2 Å². The van der Waals surface area contributed by atoms with Gasteiger partial charge in [-0.05, 0) is 67.3 Å². The first-order chi connectivity index (χ1) is 14.6. The first kappa shape index (κ1) is 19.0. The van der Waals surface area contributed by atoms with Gasteiger partial charge in [-0.2, -0.15) is 5.26 Å². The molecule has 4 heterocycles. The average Bonchev–Trinajstić information content (AvgIpc) is 2.77. The summed E-state index contributed by atoms with van der Waals surface area (Å²) in [5, 5.41) is 9.23. The second-order valence-corrected chi connectivity index (χ2v) is 8.82. The molecule has 2 aromatic rings. The molecule has 6 heteroatoms. The zero-order chi connectivity index (χ0) is 20.7.